The van der Waals surface area contributed by atoms with Gasteiger partial charge in [0.05, 0.1) is 10.9 Å². The highest BCUT2D eigenvalue weighted by atomic mass is 32.2. The highest BCUT2D eigenvalue weighted by Crippen LogP contribution is 2.35. The maximum absolute atomic E-state index is 12.9. The summed E-state index contributed by atoms with van der Waals surface area (Å²) in [6.45, 7) is 1.96. The van der Waals surface area contributed by atoms with Crippen LogP contribution in [-0.2, 0) is 14.4 Å². The Hall–Kier alpha value is -3.06. The average Bonchev–Trinajstić information content (AvgIpc) is 3.27. The Morgan fingerprint density at radius 3 is 2.72 bits per heavy atom. The van der Waals surface area contributed by atoms with Gasteiger partial charge in [-0.05, 0) is 54.3 Å². The highest BCUT2D eigenvalue weighted by Gasteiger charge is 2.40. The zero-order valence-corrected chi connectivity index (χ0v) is 16.8. The molecule has 3 aromatic rings. The third-order valence-electron chi connectivity index (χ3n) is 4.80. The Kier molecular flexibility index (Phi) is 5.40. The molecule has 1 saturated heterocycles. The van der Waals surface area contributed by atoms with Crippen LogP contribution in [-0.4, -0.2) is 28.0 Å². The normalized spacial score (nSPS) is 16.6. The minimum absolute atomic E-state index is 0.0147. The summed E-state index contributed by atoms with van der Waals surface area (Å²) in [5.74, 6) is -0.410. The number of thioether (sulfide) groups is 1. The summed E-state index contributed by atoms with van der Waals surface area (Å²) >= 11 is 1.37. The molecule has 2 heterocycles. The molecule has 0 spiro atoms. The number of carbonyl (C=O) groups excluding carboxylic acids is 3. The topological polar surface area (TPSA) is 82.3 Å². The largest absolute Gasteiger partial charge is 0.361 e. The first-order chi connectivity index (χ1) is 14.0. The number of hydrogen-bond acceptors (Lipinski definition) is 4. The van der Waals surface area contributed by atoms with Crippen molar-refractivity contribution in [2.45, 2.75) is 36.3 Å². The van der Waals surface area contributed by atoms with Crippen LogP contribution in [0.5, 0.6) is 0 Å². The molecule has 4 rings (SSSR count). The summed E-state index contributed by atoms with van der Waals surface area (Å²) in [5, 5.41) is 3.42. The Morgan fingerprint density at radius 1 is 1.17 bits per heavy atom. The van der Waals surface area contributed by atoms with E-state index in [2.05, 4.69) is 10.3 Å². The van der Waals surface area contributed by atoms with Gasteiger partial charge in [0.2, 0.25) is 17.7 Å². The van der Waals surface area contributed by atoms with Crippen molar-refractivity contribution >= 4 is 51.8 Å². The number of hydrogen-bond donors (Lipinski definition) is 2. The van der Waals surface area contributed by atoms with Gasteiger partial charge in [-0.2, -0.15) is 0 Å². The minimum Gasteiger partial charge on any atom is -0.361 e. The summed E-state index contributed by atoms with van der Waals surface area (Å²) < 4.78 is 0. The fourth-order valence-corrected chi connectivity index (χ4v) is 4.43. The number of amides is 3. The number of nitrogens with one attached hydrogen (secondary N) is 2. The molecule has 0 radical (unpaired) electrons. The Morgan fingerprint density at radius 2 is 1.97 bits per heavy atom. The summed E-state index contributed by atoms with van der Waals surface area (Å²) in [5.41, 5.74) is 2.20. The van der Waals surface area contributed by atoms with Crippen LogP contribution >= 0.6 is 11.8 Å². The van der Waals surface area contributed by atoms with Gasteiger partial charge < -0.3 is 10.3 Å². The Labute approximate surface area is 172 Å². The maximum Gasteiger partial charge on any atom is 0.247 e. The lowest BCUT2D eigenvalue weighted by Gasteiger charge is -2.15. The van der Waals surface area contributed by atoms with Crippen LogP contribution in [0.3, 0.4) is 0 Å². The molecule has 1 unspecified atom stereocenters. The molecule has 0 bridgehead atoms. The molecule has 1 aliphatic heterocycles. The van der Waals surface area contributed by atoms with Gasteiger partial charge in [0.25, 0.3) is 0 Å². The predicted octanol–water partition coefficient (Wildman–Crippen LogP) is 4.33. The van der Waals surface area contributed by atoms with Crippen molar-refractivity contribution in [2.24, 2.45) is 0 Å². The highest BCUT2D eigenvalue weighted by molar-refractivity contribution is 8.00. The second kappa shape index (κ2) is 8.13. The molecule has 1 aliphatic rings. The van der Waals surface area contributed by atoms with Gasteiger partial charge in [-0.15, -0.1) is 11.8 Å². The van der Waals surface area contributed by atoms with E-state index in [0.717, 1.165) is 27.9 Å². The zero-order valence-electron chi connectivity index (χ0n) is 16.0. The number of aromatic nitrogens is 1. The number of fused-ring (bicyclic) bond motifs is 1. The molecule has 29 heavy (non-hydrogen) atoms. The van der Waals surface area contributed by atoms with E-state index in [4.69, 9.17) is 0 Å². The second-order valence-electron chi connectivity index (χ2n) is 6.95. The molecule has 1 aromatic heterocycles. The first kappa shape index (κ1) is 19.3. The van der Waals surface area contributed by atoms with Crippen molar-refractivity contribution in [3.63, 3.8) is 0 Å². The molecular formula is C22H21N3O3S. The van der Waals surface area contributed by atoms with E-state index in [1.807, 2.05) is 55.6 Å². The van der Waals surface area contributed by atoms with Gasteiger partial charge in [-0.25, -0.2) is 4.90 Å². The van der Waals surface area contributed by atoms with Crippen molar-refractivity contribution in [1.29, 1.82) is 0 Å². The van der Waals surface area contributed by atoms with E-state index in [9.17, 15) is 14.4 Å². The minimum atomic E-state index is -0.456. The number of imide groups is 1. The smallest absolute Gasteiger partial charge is 0.247 e. The average molecular weight is 407 g/mol. The van der Waals surface area contributed by atoms with E-state index < -0.39 is 5.25 Å². The standard InChI is InChI=1S/C22H21N3O3S/c1-2-3-20(26)24-15-5-8-17(9-6-15)29-19-13-21(27)25(22(19)28)16-7-4-14-10-11-23-18(14)12-16/h4-12,19,23H,2-3,13H2,1H3,(H,24,26). The van der Waals surface area contributed by atoms with E-state index in [-0.39, 0.29) is 24.1 Å². The van der Waals surface area contributed by atoms with Crippen LogP contribution in [0, 0.1) is 0 Å². The Balaban J connectivity index is 1.45. The Bertz CT molecular complexity index is 1070. The quantitative estimate of drug-likeness (QED) is 0.596. The number of aromatic amines is 1. The molecule has 3 amide bonds. The maximum atomic E-state index is 12.9. The third kappa shape index (κ3) is 4.05. The molecule has 2 aromatic carbocycles. The monoisotopic (exact) mass is 407 g/mol. The predicted molar refractivity (Wildman–Crippen MR) is 115 cm³/mol. The number of anilines is 2. The third-order valence-corrected chi connectivity index (χ3v) is 5.99. The summed E-state index contributed by atoms with van der Waals surface area (Å²) in [7, 11) is 0. The van der Waals surface area contributed by atoms with Crippen LogP contribution in [0.15, 0.2) is 59.6 Å². The van der Waals surface area contributed by atoms with Gasteiger partial charge in [0.1, 0.15) is 0 Å². The number of H-pyrrole nitrogens is 1. The lowest BCUT2D eigenvalue weighted by Crippen LogP contribution is -2.31. The first-order valence-corrected chi connectivity index (χ1v) is 10.4. The molecule has 7 heteroatoms. The fraction of sp³-hybridized carbons (Fsp3) is 0.227. The number of rotatable bonds is 6. The molecule has 1 fully saturated rings. The van der Waals surface area contributed by atoms with Crippen molar-refractivity contribution in [1.82, 2.24) is 4.98 Å². The summed E-state index contributed by atoms with van der Waals surface area (Å²) in [6, 6.07) is 14.8. The number of benzene rings is 2. The number of nitrogens with zero attached hydrogens (tertiary/aromatic N) is 1. The molecule has 148 valence electrons. The van der Waals surface area contributed by atoms with Crippen LogP contribution in [0.2, 0.25) is 0 Å². The number of carbonyl (C=O) groups is 3. The van der Waals surface area contributed by atoms with E-state index >= 15 is 0 Å². The van der Waals surface area contributed by atoms with E-state index in [1.54, 1.807) is 6.07 Å². The summed E-state index contributed by atoms with van der Waals surface area (Å²) in [6.07, 6.45) is 3.28. The van der Waals surface area contributed by atoms with Gasteiger partial charge in [0, 0.05) is 35.1 Å². The van der Waals surface area contributed by atoms with Crippen molar-refractivity contribution < 1.29 is 14.4 Å². The van der Waals surface area contributed by atoms with Crippen LogP contribution < -0.4 is 10.2 Å². The first-order valence-electron chi connectivity index (χ1n) is 9.55. The molecule has 6 nitrogen and oxygen atoms in total. The molecule has 0 saturated carbocycles. The molecule has 1 atom stereocenters. The van der Waals surface area contributed by atoms with Gasteiger partial charge in [0.15, 0.2) is 0 Å². The SMILES string of the molecule is CCCC(=O)Nc1ccc(SC2CC(=O)N(c3ccc4cc[nH]c4c3)C2=O)cc1. The van der Waals surface area contributed by atoms with E-state index in [0.29, 0.717) is 12.1 Å². The van der Waals surface area contributed by atoms with Crippen LogP contribution in [0.25, 0.3) is 10.9 Å². The van der Waals surface area contributed by atoms with Crippen molar-refractivity contribution in [3.8, 4) is 0 Å². The van der Waals surface area contributed by atoms with E-state index in [1.165, 1.54) is 16.7 Å². The lowest BCUT2D eigenvalue weighted by molar-refractivity contribution is -0.121. The van der Waals surface area contributed by atoms with Gasteiger partial charge >= 0.3 is 0 Å². The molecular weight excluding hydrogens is 386 g/mol. The van der Waals surface area contributed by atoms with Gasteiger partial charge in [-0.1, -0.05) is 13.0 Å². The second-order valence-corrected chi connectivity index (χ2v) is 8.23. The molecule has 2 N–H and O–H groups in total. The van der Waals surface area contributed by atoms with Crippen LogP contribution in [0.4, 0.5) is 11.4 Å². The van der Waals surface area contributed by atoms with Crippen molar-refractivity contribution in [2.75, 3.05) is 10.2 Å². The molecule has 0 aliphatic carbocycles. The summed E-state index contributed by atoms with van der Waals surface area (Å²) in [4.78, 5) is 42.4. The van der Waals surface area contributed by atoms with Gasteiger partial charge in [-0.3, -0.25) is 14.4 Å². The lowest BCUT2D eigenvalue weighted by atomic mass is 10.2. The van der Waals surface area contributed by atoms with Crippen LogP contribution in [0.1, 0.15) is 26.2 Å². The zero-order chi connectivity index (χ0) is 20.4. The van der Waals surface area contributed by atoms with Crippen molar-refractivity contribution in [3.05, 3.63) is 54.7 Å². The fourth-order valence-electron chi connectivity index (χ4n) is 3.37.